The van der Waals surface area contributed by atoms with Crippen LogP contribution in [0, 0.1) is 0 Å². The van der Waals surface area contributed by atoms with Gasteiger partial charge in [-0.05, 0) is 23.3 Å². The zero-order chi connectivity index (χ0) is 15.0. The molecule has 1 aromatic rings. The number of rotatable bonds is 5. The summed E-state index contributed by atoms with van der Waals surface area (Å²) in [5, 5.41) is 8.74. The van der Waals surface area contributed by atoms with Crippen LogP contribution in [0.3, 0.4) is 0 Å². The summed E-state index contributed by atoms with van der Waals surface area (Å²) in [6.45, 7) is 3.71. The summed E-state index contributed by atoms with van der Waals surface area (Å²) in [6.07, 6.45) is 3.46. The number of esters is 1. The number of carbonyl (C=O) groups is 1. The highest BCUT2D eigenvalue weighted by Gasteiger charge is 2.04. The lowest BCUT2D eigenvalue weighted by molar-refractivity contribution is -0.139. The first-order valence-corrected chi connectivity index (χ1v) is 6.32. The predicted molar refractivity (Wildman–Crippen MR) is 84.5 cm³/mol. The maximum atomic E-state index is 11.0. The third-order valence-corrected chi connectivity index (χ3v) is 2.87. The van der Waals surface area contributed by atoms with Crippen LogP contribution in [0.5, 0.6) is 0 Å². The average Bonchev–Trinajstić information content (AvgIpc) is 2.50. The van der Waals surface area contributed by atoms with Gasteiger partial charge in [0.15, 0.2) is 5.11 Å². The van der Waals surface area contributed by atoms with Gasteiger partial charge in [0.2, 0.25) is 0 Å². The molecule has 20 heavy (non-hydrogen) atoms. The maximum Gasteiger partial charge on any atom is 0.325 e. The molecule has 0 aliphatic rings. The second kappa shape index (κ2) is 8.06. The largest absolute Gasteiger partial charge is 0.468 e. The number of hydrogen-bond acceptors (Lipinski definition) is 4. The zero-order valence-corrected chi connectivity index (χ0v) is 12.3. The Morgan fingerprint density at radius 3 is 2.60 bits per heavy atom. The lowest BCUT2D eigenvalue weighted by atomic mass is 10.1. The molecule has 6 heteroatoms. The standard InChI is InChI=1S/C14H17N3O2S/c1-4-11-5-7-12(8-6-11)9-16-17(2)14(20)15-10-13(18)19-3/h4-9H,1,10H2,2-3H3,(H,15,20)/b16-9+. The minimum atomic E-state index is -0.384. The Kier molecular flexibility index (Phi) is 6.39. The molecule has 0 heterocycles. The number of methoxy groups -OCH3 is 1. The lowest BCUT2D eigenvalue weighted by Gasteiger charge is -2.14. The van der Waals surface area contributed by atoms with Gasteiger partial charge < -0.3 is 10.1 Å². The minimum absolute atomic E-state index is 0.0171. The number of nitrogens with zero attached hydrogens (tertiary/aromatic N) is 2. The molecule has 0 radical (unpaired) electrons. The van der Waals surface area contributed by atoms with Crippen molar-refractivity contribution in [1.82, 2.24) is 10.3 Å². The highest BCUT2D eigenvalue weighted by molar-refractivity contribution is 7.80. The number of ether oxygens (including phenoxy) is 1. The first-order valence-electron chi connectivity index (χ1n) is 5.91. The summed E-state index contributed by atoms with van der Waals surface area (Å²) < 4.78 is 4.51. The lowest BCUT2D eigenvalue weighted by Crippen LogP contribution is -2.37. The Bertz CT molecular complexity index is 512. The van der Waals surface area contributed by atoms with E-state index in [1.807, 2.05) is 24.3 Å². The second-order valence-corrected chi connectivity index (χ2v) is 4.26. The van der Waals surface area contributed by atoms with Crippen molar-refractivity contribution in [1.29, 1.82) is 0 Å². The average molecular weight is 291 g/mol. The summed E-state index contributed by atoms with van der Waals surface area (Å²) in [7, 11) is 3.02. The van der Waals surface area contributed by atoms with Crippen molar-refractivity contribution >= 4 is 35.6 Å². The van der Waals surface area contributed by atoms with Crippen LogP contribution in [0.1, 0.15) is 11.1 Å². The molecule has 106 valence electrons. The molecular formula is C14H17N3O2S. The highest BCUT2D eigenvalue weighted by Crippen LogP contribution is 2.03. The molecule has 0 atom stereocenters. The molecule has 0 saturated carbocycles. The van der Waals surface area contributed by atoms with Gasteiger partial charge in [0.05, 0.1) is 13.3 Å². The van der Waals surface area contributed by atoms with E-state index in [2.05, 4.69) is 21.7 Å². The number of hydrogen-bond donors (Lipinski definition) is 1. The third kappa shape index (κ3) is 5.19. The molecule has 0 bridgehead atoms. The van der Waals surface area contributed by atoms with E-state index in [1.165, 1.54) is 12.1 Å². The van der Waals surface area contributed by atoms with Crippen LogP contribution in [0.4, 0.5) is 0 Å². The number of thiocarbonyl (C=S) groups is 1. The van der Waals surface area contributed by atoms with Gasteiger partial charge in [-0.1, -0.05) is 36.9 Å². The molecule has 0 aliphatic carbocycles. The van der Waals surface area contributed by atoms with E-state index >= 15 is 0 Å². The van der Waals surface area contributed by atoms with E-state index in [9.17, 15) is 4.79 Å². The van der Waals surface area contributed by atoms with Crippen LogP contribution < -0.4 is 5.32 Å². The van der Waals surface area contributed by atoms with Crippen molar-refractivity contribution in [2.24, 2.45) is 5.10 Å². The highest BCUT2D eigenvalue weighted by atomic mass is 32.1. The van der Waals surface area contributed by atoms with Gasteiger partial charge in [0.25, 0.3) is 0 Å². The molecule has 0 aliphatic heterocycles. The quantitative estimate of drug-likeness (QED) is 0.387. The van der Waals surface area contributed by atoms with Crippen LogP contribution >= 0.6 is 12.2 Å². The van der Waals surface area contributed by atoms with Crippen LogP contribution in [-0.2, 0) is 9.53 Å². The number of nitrogens with one attached hydrogen (secondary N) is 1. The van der Waals surface area contributed by atoms with Crippen LogP contribution in [0.15, 0.2) is 35.9 Å². The number of carbonyl (C=O) groups excluding carboxylic acids is 1. The molecule has 0 amide bonds. The van der Waals surface area contributed by atoms with E-state index in [4.69, 9.17) is 12.2 Å². The molecule has 0 unspecified atom stereocenters. The summed E-state index contributed by atoms with van der Waals surface area (Å²) in [4.78, 5) is 11.0. The normalized spacial score (nSPS) is 10.1. The molecule has 0 aromatic heterocycles. The van der Waals surface area contributed by atoms with E-state index in [1.54, 1.807) is 19.3 Å². The Balaban J connectivity index is 2.53. The van der Waals surface area contributed by atoms with Crippen molar-refractivity contribution < 1.29 is 9.53 Å². The van der Waals surface area contributed by atoms with E-state index in [0.717, 1.165) is 11.1 Å². The fourth-order valence-electron chi connectivity index (χ4n) is 1.26. The van der Waals surface area contributed by atoms with Gasteiger partial charge in [-0.2, -0.15) is 5.10 Å². The summed E-state index contributed by atoms with van der Waals surface area (Å²) in [6, 6.07) is 7.75. The molecule has 0 saturated heterocycles. The molecule has 0 fully saturated rings. The van der Waals surface area contributed by atoms with Crippen molar-refractivity contribution in [3.63, 3.8) is 0 Å². The van der Waals surface area contributed by atoms with Gasteiger partial charge in [0.1, 0.15) is 6.54 Å². The van der Waals surface area contributed by atoms with Gasteiger partial charge in [-0.25, -0.2) is 5.01 Å². The Labute approximate surface area is 123 Å². The minimum Gasteiger partial charge on any atom is -0.468 e. The van der Waals surface area contributed by atoms with Gasteiger partial charge >= 0.3 is 5.97 Å². The van der Waals surface area contributed by atoms with Gasteiger partial charge in [-0.3, -0.25) is 4.79 Å². The predicted octanol–water partition coefficient (Wildman–Crippen LogP) is 1.64. The molecule has 0 spiro atoms. The van der Waals surface area contributed by atoms with E-state index in [-0.39, 0.29) is 12.5 Å². The van der Waals surface area contributed by atoms with E-state index < -0.39 is 0 Å². The van der Waals surface area contributed by atoms with Crippen molar-refractivity contribution in [3.8, 4) is 0 Å². The van der Waals surface area contributed by atoms with Crippen molar-refractivity contribution in [2.75, 3.05) is 20.7 Å². The van der Waals surface area contributed by atoms with Crippen LogP contribution in [0.2, 0.25) is 0 Å². The Morgan fingerprint density at radius 1 is 1.45 bits per heavy atom. The smallest absolute Gasteiger partial charge is 0.325 e. The second-order valence-electron chi connectivity index (χ2n) is 3.87. The molecule has 5 nitrogen and oxygen atoms in total. The van der Waals surface area contributed by atoms with Crippen LogP contribution in [0.25, 0.3) is 6.08 Å². The molecule has 1 aromatic carbocycles. The number of benzene rings is 1. The maximum absolute atomic E-state index is 11.0. The van der Waals surface area contributed by atoms with Crippen molar-refractivity contribution in [2.45, 2.75) is 0 Å². The number of hydrazone groups is 1. The summed E-state index contributed by atoms with van der Waals surface area (Å²) in [5.74, 6) is -0.384. The van der Waals surface area contributed by atoms with E-state index in [0.29, 0.717) is 5.11 Å². The fourth-order valence-corrected chi connectivity index (χ4v) is 1.38. The van der Waals surface area contributed by atoms with Crippen molar-refractivity contribution in [3.05, 3.63) is 42.0 Å². The summed E-state index contributed by atoms with van der Waals surface area (Å²) >= 11 is 5.08. The monoisotopic (exact) mass is 291 g/mol. The SMILES string of the molecule is C=Cc1ccc(/C=N/N(C)C(=S)NCC(=O)OC)cc1. The fraction of sp³-hybridized carbons (Fsp3) is 0.214. The molecule has 1 rings (SSSR count). The Hall–Kier alpha value is -2.21. The topological polar surface area (TPSA) is 53.9 Å². The van der Waals surface area contributed by atoms with Gasteiger partial charge in [0, 0.05) is 7.05 Å². The molecule has 1 N–H and O–H groups in total. The third-order valence-electron chi connectivity index (χ3n) is 2.46. The van der Waals surface area contributed by atoms with Gasteiger partial charge in [-0.15, -0.1) is 0 Å². The first kappa shape index (κ1) is 15.8. The summed E-state index contributed by atoms with van der Waals surface area (Å²) in [5.41, 5.74) is 1.99. The van der Waals surface area contributed by atoms with Crippen LogP contribution in [-0.4, -0.2) is 43.0 Å². The first-order chi connectivity index (χ1) is 9.56. The zero-order valence-electron chi connectivity index (χ0n) is 11.5. The molecular weight excluding hydrogens is 274 g/mol. The Morgan fingerprint density at radius 2 is 2.05 bits per heavy atom.